The number of β-amino-alcohol motifs (C(OH)–C–C–N with tert-alkyl or cyclic N) is 1. The minimum atomic E-state index is -0.886. The van der Waals surface area contributed by atoms with Crippen LogP contribution in [0.2, 0.25) is 0 Å². The van der Waals surface area contributed by atoms with Crippen LogP contribution in [0.5, 0.6) is 0 Å². The Morgan fingerprint density at radius 3 is 2.28 bits per heavy atom. The fraction of sp³-hybridized carbons (Fsp3) is 0.581. The summed E-state index contributed by atoms with van der Waals surface area (Å²) in [4.78, 5) is 74.7. The van der Waals surface area contributed by atoms with Gasteiger partial charge in [-0.1, -0.05) is 82.5 Å². The summed E-state index contributed by atoms with van der Waals surface area (Å²) in [6.07, 6.45) is 12.3. The zero-order valence-electron chi connectivity index (χ0n) is 46.0. The second-order valence-corrected chi connectivity index (χ2v) is 27.2. The van der Waals surface area contributed by atoms with Gasteiger partial charge in [0.05, 0.1) is 63.4 Å². The number of carbonyl (C=O) groups is 3. The topological polar surface area (TPSA) is 162 Å². The van der Waals surface area contributed by atoms with Gasteiger partial charge in [0.25, 0.3) is 5.56 Å². The third-order valence-corrected chi connectivity index (χ3v) is 21.4. The van der Waals surface area contributed by atoms with Crippen molar-refractivity contribution >= 4 is 55.9 Å². The molecule has 3 saturated heterocycles. The van der Waals surface area contributed by atoms with Gasteiger partial charge in [0.15, 0.2) is 0 Å². The molecular formula is C62H77BrN8O6S. The molecule has 78 heavy (non-hydrogen) atoms. The molecule has 13 rings (SSSR count). The molecule has 3 N–H and O–H groups in total. The summed E-state index contributed by atoms with van der Waals surface area (Å²) >= 11 is 5.28. The predicted octanol–water partition coefficient (Wildman–Crippen LogP) is 9.35. The van der Waals surface area contributed by atoms with Gasteiger partial charge < -0.3 is 30.3 Å². The Morgan fingerprint density at radius 2 is 1.60 bits per heavy atom. The number of aliphatic hydroxyl groups excluding tert-OH is 1. The largest absolute Gasteiger partial charge is 0.391 e. The van der Waals surface area contributed by atoms with Crippen LogP contribution in [0.3, 0.4) is 0 Å². The third-order valence-electron chi connectivity index (χ3n) is 19.7. The number of morpholine rings is 1. The Balaban J connectivity index is 0.686. The third kappa shape index (κ3) is 9.89. The minimum absolute atomic E-state index is 0.0283. The summed E-state index contributed by atoms with van der Waals surface area (Å²) in [6.45, 7) is 14.4. The molecule has 0 unspecified atom stereocenters. The SMILES string of the molecule is Cc1ncsc1-c1ccc([C@H](CN2CCOCC2)NC(=O)[C@@H]2C[C@@H](O)CN2C(=O)[C@@H](NC(=O)C23CCC(CN4CCC(c5ccc6c(c5)-n5c(nc(=O)c7c(Br)cccc75)C65CCCCC5)CC4)(CC2)CC3)C(C)(C)C)cc1. The molecule has 3 amide bonds. The van der Waals surface area contributed by atoms with Crippen LogP contribution in [-0.2, 0) is 24.5 Å². The number of aromatic nitrogens is 3. The van der Waals surface area contributed by atoms with E-state index in [-0.39, 0.29) is 53.1 Å². The number of carbonyl (C=O) groups excluding carboxylic acids is 3. The van der Waals surface area contributed by atoms with Crippen LogP contribution in [0, 0.1) is 23.2 Å². The van der Waals surface area contributed by atoms with Crippen LogP contribution in [-0.4, -0.2) is 129 Å². The zero-order valence-corrected chi connectivity index (χ0v) is 48.4. The first-order chi connectivity index (χ1) is 37.5. The Hall–Kier alpha value is -4.84. The van der Waals surface area contributed by atoms with E-state index in [1.807, 2.05) is 45.3 Å². The molecule has 4 aliphatic heterocycles. The van der Waals surface area contributed by atoms with Crippen molar-refractivity contribution in [3.8, 4) is 16.1 Å². The number of halogens is 1. The van der Waals surface area contributed by atoms with Crippen LogP contribution in [0.15, 0.2) is 75.4 Å². The van der Waals surface area contributed by atoms with Crippen LogP contribution in [0.1, 0.15) is 151 Å². The van der Waals surface area contributed by atoms with E-state index < -0.39 is 29.0 Å². The van der Waals surface area contributed by atoms with Crippen molar-refractivity contribution in [2.75, 3.05) is 59.0 Å². The number of thiazole rings is 1. The molecule has 7 fully saturated rings. The van der Waals surface area contributed by atoms with E-state index in [9.17, 15) is 24.3 Å². The van der Waals surface area contributed by atoms with Crippen LogP contribution in [0.4, 0.5) is 0 Å². The smallest absolute Gasteiger partial charge is 0.281 e. The number of nitrogens with one attached hydrogen (secondary N) is 2. The average molecular weight is 1140 g/mol. The first kappa shape index (κ1) is 53.8. The van der Waals surface area contributed by atoms with Crippen molar-refractivity contribution < 1.29 is 24.2 Å². The van der Waals surface area contributed by atoms with Crippen molar-refractivity contribution in [1.82, 2.24) is 39.9 Å². The maximum atomic E-state index is 14.9. The lowest BCUT2D eigenvalue weighted by atomic mass is 9.53. The molecule has 414 valence electrons. The van der Waals surface area contributed by atoms with E-state index in [2.05, 4.69) is 94.4 Å². The highest BCUT2D eigenvalue weighted by Crippen LogP contribution is 2.58. The second kappa shape index (κ2) is 21.2. The molecule has 14 nitrogen and oxygen atoms in total. The molecule has 6 heterocycles. The van der Waals surface area contributed by atoms with E-state index in [4.69, 9.17) is 9.72 Å². The first-order valence-electron chi connectivity index (χ1n) is 29.0. The maximum absolute atomic E-state index is 14.9. The Kier molecular flexibility index (Phi) is 14.6. The predicted molar refractivity (Wildman–Crippen MR) is 308 cm³/mol. The summed E-state index contributed by atoms with van der Waals surface area (Å²) < 4.78 is 8.75. The Labute approximate surface area is 471 Å². The van der Waals surface area contributed by atoms with Gasteiger partial charge >= 0.3 is 0 Å². The molecule has 0 radical (unpaired) electrons. The lowest BCUT2D eigenvalue weighted by Crippen LogP contribution is -2.61. The number of fused-ring (bicyclic) bond motifs is 10. The van der Waals surface area contributed by atoms with E-state index in [0.717, 1.165) is 147 Å². The average Bonchev–Trinajstić information content (AvgIpc) is 4.24. The van der Waals surface area contributed by atoms with Crippen LogP contribution >= 0.6 is 27.3 Å². The normalized spacial score (nSPS) is 26.2. The maximum Gasteiger partial charge on any atom is 0.281 e. The summed E-state index contributed by atoms with van der Waals surface area (Å²) in [5, 5.41) is 18.4. The standard InChI is InChI=1S/C62H77BrN8O6S/c1-39-52(78-38-64-39)42-13-11-41(12-14-42)47(36-68-29-31-77-32-30-68)65-54(73)50-34-44(72)35-70(50)56(75)53(59(2,3)4)66-58(76)61-24-21-60(22-25-61,23-26-61)37-69-27-17-40(18-28-69)43-15-16-45-49(33-43)71-48-10-8-9-46(63)51(48)55(74)67-57(71)62(45)19-6-5-7-20-62/h8-16,33,38,40,44,47,50,53,72H,5-7,17-32,34-37H2,1-4H3,(H,65,73)(H,66,76)/t44-,47+,50+,53-,60?,61?/m1/s1. The Morgan fingerprint density at radius 1 is 0.885 bits per heavy atom. The van der Waals surface area contributed by atoms with Crippen molar-refractivity contribution in [2.24, 2.45) is 16.2 Å². The number of hydrogen-bond donors (Lipinski definition) is 3. The van der Waals surface area contributed by atoms with Gasteiger partial charge in [-0.25, -0.2) is 4.98 Å². The van der Waals surface area contributed by atoms with Gasteiger partial charge in [0, 0.05) is 49.0 Å². The highest BCUT2D eigenvalue weighted by atomic mass is 79.9. The summed E-state index contributed by atoms with van der Waals surface area (Å²) in [7, 11) is 0. The molecule has 4 saturated carbocycles. The number of piperidine rings is 1. The minimum Gasteiger partial charge on any atom is -0.391 e. The molecular weight excluding hydrogens is 1060 g/mol. The number of nitrogens with zero attached hydrogens (tertiary/aromatic N) is 6. The molecule has 8 aliphatic rings. The van der Waals surface area contributed by atoms with E-state index in [0.29, 0.717) is 31.1 Å². The summed E-state index contributed by atoms with van der Waals surface area (Å²) in [5.41, 5.74) is 8.31. The van der Waals surface area contributed by atoms with Gasteiger partial charge in [-0.05, 0) is 157 Å². The van der Waals surface area contributed by atoms with Crippen molar-refractivity contribution in [1.29, 1.82) is 0 Å². The van der Waals surface area contributed by atoms with Crippen molar-refractivity contribution in [3.05, 3.63) is 109 Å². The number of hydrogen-bond acceptors (Lipinski definition) is 11. The second-order valence-electron chi connectivity index (χ2n) is 25.5. The van der Waals surface area contributed by atoms with Crippen LogP contribution in [0.25, 0.3) is 27.0 Å². The van der Waals surface area contributed by atoms with Gasteiger partial charge in [-0.2, -0.15) is 4.98 Å². The highest BCUT2D eigenvalue weighted by Gasteiger charge is 2.55. The number of aliphatic hydroxyl groups is 1. The monoisotopic (exact) mass is 1140 g/mol. The molecule has 4 aliphatic carbocycles. The zero-order chi connectivity index (χ0) is 54.1. The molecule has 16 heteroatoms. The van der Waals surface area contributed by atoms with E-state index in [1.165, 1.54) is 28.1 Å². The Bertz CT molecular complexity index is 3120. The van der Waals surface area contributed by atoms with Gasteiger partial charge in [-0.3, -0.25) is 28.6 Å². The number of benzene rings is 3. The lowest BCUT2D eigenvalue weighted by Gasteiger charge is -2.54. The van der Waals surface area contributed by atoms with Crippen molar-refractivity contribution in [2.45, 2.75) is 153 Å². The van der Waals surface area contributed by atoms with E-state index >= 15 is 0 Å². The quantitative estimate of drug-likeness (QED) is 0.110. The molecule has 5 aromatic rings. The van der Waals surface area contributed by atoms with Gasteiger partial charge in [-0.15, -0.1) is 11.3 Å². The number of ether oxygens (including phenoxy) is 1. The van der Waals surface area contributed by atoms with Crippen LogP contribution < -0.4 is 16.2 Å². The molecule has 3 aromatic carbocycles. The number of rotatable bonds is 12. The van der Waals surface area contributed by atoms with Gasteiger partial charge in [0.1, 0.15) is 17.9 Å². The fourth-order valence-electron chi connectivity index (χ4n) is 15.1. The van der Waals surface area contributed by atoms with Crippen molar-refractivity contribution in [3.63, 3.8) is 0 Å². The lowest BCUT2D eigenvalue weighted by molar-refractivity contribution is -0.150. The molecule has 2 aromatic heterocycles. The number of amides is 3. The fourth-order valence-corrected chi connectivity index (χ4v) is 16.4. The number of likely N-dealkylation sites (tertiary alicyclic amines) is 2. The first-order valence-corrected chi connectivity index (χ1v) is 30.7. The molecule has 2 bridgehead atoms. The van der Waals surface area contributed by atoms with Gasteiger partial charge in [0.2, 0.25) is 17.7 Å². The summed E-state index contributed by atoms with van der Waals surface area (Å²) in [5.74, 6) is 0.686. The van der Waals surface area contributed by atoms with E-state index in [1.54, 1.807) is 11.3 Å². The molecule has 4 atom stereocenters. The summed E-state index contributed by atoms with van der Waals surface area (Å²) in [6, 6.07) is 19.4. The number of aryl methyl sites for hydroxylation is 1. The highest BCUT2D eigenvalue weighted by molar-refractivity contribution is 9.10. The molecule has 1 spiro atoms.